The van der Waals surface area contributed by atoms with Crippen LogP contribution in [0.15, 0.2) is 36.7 Å². The Morgan fingerprint density at radius 3 is 2.63 bits per heavy atom. The predicted molar refractivity (Wildman–Crippen MR) is 77.2 cm³/mol. The van der Waals surface area contributed by atoms with E-state index in [0.29, 0.717) is 0 Å². The van der Waals surface area contributed by atoms with E-state index in [9.17, 15) is 0 Å². The highest BCUT2D eigenvalue weighted by atomic mass is 16.5. The monoisotopic (exact) mass is 256 g/mol. The van der Waals surface area contributed by atoms with Gasteiger partial charge in [-0.1, -0.05) is 17.7 Å². The number of hydrogen-bond acceptors (Lipinski definition) is 3. The molecule has 0 amide bonds. The van der Waals surface area contributed by atoms with E-state index in [1.807, 2.05) is 18.5 Å². The zero-order chi connectivity index (χ0) is 13.7. The SMILES string of the molecule is COc1ccc(C)cc1CNCc1ccncc1C. The molecular weight excluding hydrogens is 236 g/mol. The lowest BCUT2D eigenvalue weighted by atomic mass is 10.1. The highest BCUT2D eigenvalue weighted by Crippen LogP contribution is 2.19. The van der Waals surface area contributed by atoms with E-state index in [0.717, 1.165) is 18.8 Å². The molecule has 100 valence electrons. The van der Waals surface area contributed by atoms with Gasteiger partial charge in [0.15, 0.2) is 0 Å². The van der Waals surface area contributed by atoms with Crippen LogP contribution in [-0.4, -0.2) is 12.1 Å². The summed E-state index contributed by atoms with van der Waals surface area (Å²) >= 11 is 0. The second-order valence-electron chi connectivity index (χ2n) is 4.72. The molecule has 0 saturated carbocycles. The number of nitrogens with zero attached hydrogens (tertiary/aromatic N) is 1. The number of aromatic nitrogens is 1. The van der Waals surface area contributed by atoms with Gasteiger partial charge in [0.1, 0.15) is 5.75 Å². The quantitative estimate of drug-likeness (QED) is 0.893. The van der Waals surface area contributed by atoms with Crippen LogP contribution in [0.25, 0.3) is 0 Å². The second-order valence-corrected chi connectivity index (χ2v) is 4.72. The average molecular weight is 256 g/mol. The van der Waals surface area contributed by atoms with Crippen molar-refractivity contribution in [3.63, 3.8) is 0 Å². The molecule has 0 atom stereocenters. The Balaban J connectivity index is 2.00. The maximum absolute atomic E-state index is 5.38. The Morgan fingerprint density at radius 2 is 1.89 bits per heavy atom. The minimum Gasteiger partial charge on any atom is -0.496 e. The van der Waals surface area contributed by atoms with E-state index >= 15 is 0 Å². The minimum atomic E-state index is 0.798. The lowest BCUT2D eigenvalue weighted by Crippen LogP contribution is -2.14. The summed E-state index contributed by atoms with van der Waals surface area (Å²) in [6, 6.07) is 8.29. The zero-order valence-electron chi connectivity index (χ0n) is 11.7. The van der Waals surface area contributed by atoms with Gasteiger partial charge >= 0.3 is 0 Å². The van der Waals surface area contributed by atoms with E-state index in [-0.39, 0.29) is 0 Å². The summed E-state index contributed by atoms with van der Waals surface area (Å²) < 4.78 is 5.38. The fourth-order valence-corrected chi connectivity index (χ4v) is 2.08. The molecule has 2 aromatic rings. The second kappa shape index (κ2) is 6.34. The molecule has 0 unspecified atom stereocenters. The summed E-state index contributed by atoms with van der Waals surface area (Å²) in [6.07, 6.45) is 3.72. The van der Waals surface area contributed by atoms with Gasteiger partial charge in [0.2, 0.25) is 0 Å². The van der Waals surface area contributed by atoms with Gasteiger partial charge in [-0.15, -0.1) is 0 Å². The molecular formula is C16H20N2O. The zero-order valence-corrected chi connectivity index (χ0v) is 11.7. The van der Waals surface area contributed by atoms with Crippen molar-refractivity contribution in [1.29, 1.82) is 0 Å². The van der Waals surface area contributed by atoms with Gasteiger partial charge in [-0.2, -0.15) is 0 Å². The lowest BCUT2D eigenvalue weighted by molar-refractivity contribution is 0.407. The van der Waals surface area contributed by atoms with Gasteiger partial charge in [0.25, 0.3) is 0 Å². The maximum atomic E-state index is 5.38. The molecule has 0 saturated heterocycles. The number of hydrogen-bond donors (Lipinski definition) is 1. The average Bonchev–Trinajstić information content (AvgIpc) is 2.41. The summed E-state index contributed by atoms with van der Waals surface area (Å²) in [5.41, 5.74) is 4.93. The van der Waals surface area contributed by atoms with E-state index < -0.39 is 0 Å². The van der Waals surface area contributed by atoms with E-state index in [2.05, 4.69) is 42.3 Å². The third kappa shape index (κ3) is 3.55. The molecule has 0 aliphatic heterocycles. The first-order valence-electron chi connectivity index (χ1n) is 6.44. The molecule has 1 aromatic heterocycles. The standard InChI is InChI=1S/C16H20N2O/c1-12-4-5-16(19-3)15(8-12)11-18-10-14-6-7-17-9-13(14)2/h4-9,18H,10-11H2,1-3H3. The van der Waals surface area contributed by atoms with Crippen molar-refractivity contribution in [2.45, 2.75) is 26.9 Å². The van der Waals surface area contributed by atoms with Crippen molar-refractivity contribution >= 4 is 0 Å². The molecule has 0 fully saturated rings. The Bertz CT molecular complexity index is 552. The number of benzene rings is 1. The van der Waals surface area contributed by atoms with E-state index in [4.69, 9.17) is 4.74 Å². The first-order valence-corrected chi connectivity index (χ1v) is 6.44. The molecule has 3 nitrogen and oxygen atoms in total. The Morgan fingerprint density at radius 1 is 1.11 bits per heavy atom. The van der Waals surface area contributed by atoms with Gasteiger partial charge < -0.3 is 10.1 Å². The van der Waals surface area contributed by atoms with Crippen molar-refractivity contribution < 1.29 is 4.74 Å². The number of nitrogens with one attached hydrogen (secondary N) is 1. The molecule has 1 aromatic carbocycles. The molecule has 3 heteroatoms. The normalized spacial score (nSPS) is 10.5. The van der Waals surface area contributed by atoms with Gasteiger partial charge in [0.05, 0.1) is 7.11 Å². The summed E-state index contributed by atoms with van der Waals surface area (Å²) in [7, 11) is 1.71. The predicted octanol–water partition coefficient (Wildman–Crippen LogP) is 3.00. The van der Waals surface area contributed by atoms with Crippen molar-refractivity contribution in [3.8, 4) is 5.75 Å². The van der Waals surface area contributed by atoms with E-state index in [1.165, 1.54) is 22.3 Å². The molecule has 0 spiro atoms. The molecule has 0 bridgehead atoms. The third-order valence-electron chi connectivity index (χ3n) is 3.20. The fraction of sp³-hybridized carbons (Fsp3) is 0.312. The third-order valence-corrected chi connectivity index (χ3v) is 3.20. The number of rotatable bonds is 5. The van der Waals surface area contributed by atoms with Crippen LogP contribution in [0.4, 0.5) is 0 Å². The van der Waals surface area contributed by atoms with E-state index in [1.54, 1.807) is 7.11 Å². The van der Waals surface area contributed by atoms with Gasteiger partial charge in [-0.05, 0) is 37.1 Å². The summed E-state index contributed by atoms with van der Waals surface area (Å²) in [6.45, 7) is 5.81. The molecule has 2 rings (SSSR count). The number of aryl methyl sites for hydroxylation is 2. The smallest absolute Gasteiger partial charge is 0.123 e. The molecule has 1 N–H and O–H groups in total. The summed E-state index contributed by atoms with van der Waals surface area (Å²) in [5, 5.41) is 3.45. The highest BCUT2D eigenvalue weighted by Gasteiger charge is 2.03. The van der Waals surface area contributed by atoms with Crippen molar-refractivity contribution in [2.24, 2.45) is 0 Å². The summed E-state index contributed by atoms with van der Waals surface area (Å²) in [5.74, 6) is 0.935. The first kappa shape index (κ1) is 13.6. The van der Waals surface area contributed by atoms with Crippen molar-refractivity contribution in [3.05, 3.63) is 58.9 Å². The largest absolute Gasteiger partial charge is 0.496 e. The van der Waals surface area contributed by atoms with Crippen LogP contribution in [0.3, 0.4) is 0 Å². The van der Waals surface area contributed by atoms with Gasteiger partial charge in [-0.3, -0.25) is 4.98 Å². The highest BCUT2D eigenvalue weighted by molar-refractivity contribution is 5.36. The van der Waals surface area contributed by atoms with Crippen LogP contribution in [0.1, 0.15) is 22.3 Å². The molecule has 1 heterocycles. The van der Waals surface area contributed by atoms with Crippen LogP contribution in [-0.2, 0) is 13.1 Å². The first-order chi connectivity index (χ1) is 9.20. The van der Waals surface area contributed by atoms with Crippen LogP contribution < -0.4 is 10.1 Å². The topological polar surface area (TPSA) is 34.1 Å². The molecule has 0 aliphatic carbocycles. The molecule has 19 heavy (non-hydrogen) atoms. The number of methoxy groups -OCH3 is 1. The van der Waals surface area contributed by atoms with Gasteiger partial charge in [0, 0.05) is 31.0 Å². The minimum absolute atomic E-state index is 0.798. The lowest BCUT2D eigenvalue weighted by Gasteiger charge is -2.11. The van der Waals surface area contributed by atoms with Crippen LogP contribution in [0.5, 0.6) is 5.75 Å². The van der Waals surface area contributed by atoms with Crippen molar-refractivity contribution in [1.82, 2.24) is 10.3 Å². The van der Waals surface area contributed by atoms with Crippen LogP contribution in [0.2, 0.25) is 0 Å². The summed E-state index contributed by atoms with van der Waals surface area (Å²) in [4.78, 5) is 4.10. The van der Waals surface area contributed by atoms with Crippen LogP contribution >= 0.6 is 0 Å². The Kier molecular flexibility index (Phi) is 4.53. The van der Waals surface area contributed by atoms with Crippen molar-refractivity contribution in [2.75, 3.05) is 7.11 Å². The Hall–Kier alpha value is -1.87. The molecule has 0 radical (unpaired) electrons. The van der Waals surface area contributed by atoms with Gasteiger partial charge in [-0.25, -0.2) is 0 Å². The Labute approximate surface area is 114 Å². The molecule has 0 aliphatic rings. The van der Waals surface area contributed by atoms with Crippen LogP contribution in [0, 0.1) is 13.8 Å². The maximum Gasteiger partial charge on any atom is 0.123 e. The number of pyridine rings is 1. The fourth-order valence-electron chi connectivity index (χ4n) is 2.08. The number of ether oxygens (including phenoxy) is 1.